The molecule has 0 radical (unpaired) electrons. The van der Waals surface area contributed by atoms with Crippen LogP contribution in [0.1, 0.15) is 11.6 Å². The molecule has 0 spiro atoms. The quantitative estimate of drug-likeness (QED) is 0.590. The van der Waals surface area contributed by atoms with Gasteiger partial charge < -0.3 is 4.90 Å². The Labute approximate surface area is 172 Å². The second-order valence-electron chi connectivity index (χ2n) is 6.71. The highest BCUT2D eigenvalue weighted by atomic mass is 35.5. The Balaban J connectivity index is 1.94. The molecule has 0 fully saturated rings. The minimum atomic E-state index is -3.96. The number of nitrogens with zero attached hydrogens (tertiary/aromatic N) is 3. The molecule has 1 unspecified atom stereocenters. The molecule has 1 atom stereocenters. The predicted molar refractivity (Wildman–Crippen MR) is 111 cm³/mol. The summed E-state index contributed by atoms with van der Waals surface area (Å²) >= 11 is 6.26. The summed E-state index contributed by atoms with van der Waals surface area (Å²) in [4.78, 5) is 31.5. The molecular formula is C18H20ClN5O4S. The highest BCUT2D eigenvalue weighted by molar-refractivity contribution is 7.89. The lowest BCUT2D eigenvalue weighted by Crippen LogP contribution is -2.35. The molecule has 154 valence electrons. The molecule has 29 heavy (non-hydrogen) atoms. The molecule has 0 saturated heterocycles. The fourth-order valence-corrected chi connectivity index (χ4v) is 4.22. The number of aromatic amines is 1. The number of aryl methyl sites for hydroxylation is 1. The van der Waals surface area contributed by atoms with Crippen LogP contribution in [0.25, 0.3) is 11.0 Å². The Morgan fingerprint density at radius 3 is 2.62 bits per heavy atom. The van der Waals surface area contributed by atoms with Gasteiger partial charge in [-0.15, -0.1) is 0 Å². The summed E-state index contributed by atoms with van der Waals surface area (Å²) in [7, 11) is 1.11. The van der Waals surface area contributed by atoms with Crippen molar-refractivity contribution in [3.05, 3.63) is 68.0 Å². The van der Waals surface area contributed by atoms with Crippen molar-refractivity contribution in [3.63, 3.8) is 0 Å². The van der Waals surface area contributed by atoms with E-state index in [9.17, 15) is 18.0 Å². The van der Waals surface area contributed by atoms with Crippen molar-refractivity contribution in [2.45, 2.75) is 10.9 Å². The van der Waals surface area contributed by atoms with E-state index in [1.165, 1.54) is 13.1 Å². The maximum absolute atomic E-state index is 12.8. The Bertz CT molecular complexity index is 1280. The number of hydrogen-bond acceptors (Lipinski definition) is 6. The molecule has 0 bridgehead atoms. The van der Waals surface area contributed by atoms with Crippen molar-refractivity contribution in [2.24, 2.45) is 7.05 Å². The summed E-state index contributed by atoms with van der Waals surface area (Å²) in [5.74, 6) is 0. The summed E-state index contributed by atoms with van der Waals surface area (Å²) in [5.41, 5.74) is -0.447. The number of fused-ring (bicyclic) bond motifs is 1. The normalized spacial score (nSPS) is 13.1. The van der Waals surface area contributed by atoms with Crippen LogP contribution in [-0.2, 0) is 17.1 Å². The predicted octanol–water partition coefficient (Wildman–Crippen LogP) is 0.856. The number of nitrogens with one attached hydrogen (secondary N) is 2. The lowest BCUT2D eigenvalue weighted by Gasteiger charge is -2.26. The fraction of sp³-hybridized carbons (Fsp3) is 0.278. The lowest BCUT2D eigenvalue weighted by atomic mass is 10.1. The number of pyridine rings is 1. The highest BCUT2D eigenvalue weighted by Gasteiger charge is 2.22. The van der Waals surface area contributed by atoms with Crippen LogP contribution in [0.2, 0.25) is 5.02 Å². The van der Waals surface area contributed by atoms with Gasteiger partial charge in [0.25, 0.3) is 5.56 Å². The van der Waals surface area contributed by atoms with Gasteiger partial charge in [-0.3, -0.25) is 14.3 Å². The van der Waals surface area contributed by atoms with Crippen LogP contribution < -0.4 is 16.0 Å². The number of halogens is 1. The molecule has 2 N–H and O–H groups in total. The summed E-state index contributed by atoms with van der Waals surface area (Å²) in [6, 6.07) is 8.09. The van der Waals surface area contributed by atoms with Crippen LogP contribution in [0.5, 0.6) is 0 Å². The molecule has 0 aliphatic carbocycles. The third-order valence-electron chi connectivity index (χ3n) is 4.59. The summed E-state index contributed by atoms with van der Waals surface area (Å²) in [5, 5.41) is 0.537. The first-order valence-electron chi connectivity index (χ1n) is 8.61. The second-order valence-corrected chi connectivity index (χ2v) is 8.89. The average molecular weight is 438 g/mol. The molecule has 1 aromatic carbocycles. The van der Waals surface area contributed by atoms with Crippen molar-refractivity contribution in [2.75, 3.05) is 20.6 Å². The van der Waals surface area contributed by atoms with Crippen LogP contribution in [0.4, 0.5) is 0 Å². The molecule has 2 heterocycles. The Morgan fingerprint density at radius 1 is 1.28 bits per heavy atom. The van der Waals surface area contributed by atoms with E-state index in [0.717, 1.165) is 16.3 Å². The number of benzene rings is 1. The van der Waals surface area contributed by atoms with E-state index in [4.69, 9.17) is 11.6 Å². The fourth-order valence-electron chi connectivity index (χ4n) is 2.95. The summed E-state index contributed by atoms with van der Waals surface area (Å²) in [6.07, 6.45) is 1.11. The Morgan fingerprint density at radius 2 is 1.97 bits per heavy atom. The second kappa shape index (κ2) is 8.07. The van der Waals surface area contributed by atoms with Crippen LogP contribution in [0.3, 0.4) is 0 Å². The lowest BCUT2D eigenvalue weighted by molar-refractivity contribution is 0.299. The van der Waals surface area contributed by atoms with E-state index >= 15 is 0 Å². The molecule has 11 heteroatoms. The van der Waals surface area contributed by atoms with E-state index in [-0.39, 0.29) is 28.5 Å². The van der Waals surface area contributed by atoms with E-state index < -0.39 is 21.3 Å². The molecule has 3 aromatic rings. The smallest absolute Gasteiger partial charge is 0.301 e. The number of rotatable bonds is 6. The van der Waals surface area contributed by atoms with Gasteiger partial charge in [0.2, 0.25) is 10.0 Å². The van der Waals surface area contributed by atoms with E-state index in [1.54, 1.807) is 12.1 Å². The number of aromatic nitrogens is 3. The largest absolute Gasteiger partial charge is 0.329 e. The highest BCUT2D eigenvalue weighted by Crippen LogP contribution is 2.26. The third kappa shape index (κ3) is 4.25. The zero-order valence-electron chi connectivity index (χ0n) is 16.0. The number of sulfonamides is 1. The van der Waals surface area contributed by atoms with Gasteiger partial charge in [0.1, 0.15) is 10.5 Å². The Hall–Kier alpha value is -2.53. The van der Waals surface area contributed by atoms with E-state index in [0.29, 0.717) is 5.02 Å². The van der Waals surface area contributed by atoms with Gasteiger partial charge in [-0.05, 0) is 31.8 Å². The molecule has 0 amide bonds. The minimum Gasteiger partial charge on any atom is -0.301 e. The average Bonchev–Trinajstić information content (AvgIpc) is 2.67. The van der Waals surface area contributed by atoms with Crippen LogP contribution in [0.15, 0.2) is 51.0 Å². The zero-order valence-corrected chi connectivity index (χ0v) is 17.6. The first-order valence-corrected chi connectivity index (χ1v) is 10.5. The zero-order chi connectivity index (χ0) is 21.3. The van der Waals surface area contributed by atoms with Crippen molar-refractivity contribution in [3.8, 4) is 0 Å². The molecule has 2 aromatic heterocycles. The maximum atomic E-state index is 12.8. The molecule has 0 aliphatic heterocycles. The molecule has 3 rings (SSSR count). The van der Waals surface area contributed by atoms with Gasteiger partial charge in [0.15, 0.2) is 0 Å². The summed E-state index contributed by atoms with van der Waals surface area (Å²) in [6.45, 7) is 0.0563. The van der Waals surface area contributed by atoms with Gasteiger partial charge >= 0.3 is 5.69 Å². The Kier molecular flexibility index (Phi) is 5.90. The van der Waals surface area contributed by atoms with E-state index in [1.807, 2.05) is 31.1 Å². The van der Waals surface area contributed by atoms with Gasteiger partial charge in [-0.25, -0.2) is 22.9 Å². The number of H-pyrrole nitrogens is 1. The topological polar surface area (TPSA) is 117 Å². The maximum Gasteiger partial charge on any atom is 0.329 e. The van der Waals surface area contributed by atoms with Crippen molar-refractivity contribution < 1.29 is 8.42 Å². The molecule has 0 aliphatic rings. The molecule has 9 nitrogen and oxygen atoms in total. The van der Waals surface area contributed by atoms with Gasteiger partial charge in [0.05, 0.1) is 5.39 Å². The first kappa shape index (κ1) is 21.2. The minimum absolute atomic E-state index is 0.00485. The molecular weight excluding hydrogens is 418 g/mol. The first-order chi connectivity index (χ1) is 13.6. The van der Waals surface area contributed by atoms with E-state index in [2.05, 4.69) is 14.7 Å². The number of hydrogen-bond donors (Lipinski definition) is 2. The van der Waals surface area contributed by atoms with Crippen molar-refractivity contribution >= 4 is 32.7 Å². The van der Waals surface area contributed by atoms with Crippen LogP contribution >= 0.6 is 11.6 Å². The van der Waals surface area contributed by atoms with Crippen LogP contribution in [-0.4, -0.2) is 48.5 Å². The third-order valence-corrected chi connectivity index (χ3v) is 6.33. The van der Waals surface area contributed by atoms with Gasteiger partial charge in [0, 0.05) is 30.9 Å². The van der Waals surface area contributed by atoms with Crippen molar-refractivity contribution in [1.82, 2.24) is 24.2 Å². The molecule has 0 saturated carbocycles. The van der Waals surface area contributed by atoms with Gasteiger partial charge in [-0.1, -0.05) is 29.8 Å². The standard InChI is InChI=1S/C18H20ClN5O4S/c1-23(2)15(12-6-4-5-7-14(12)19)10-21-29(27,28)11-8-13-16(20-9-11)24(3)18(26)22-17(13)25/h4-9,15,21H,10H2,1-3H3,(H,22,25,26). The number of likely N-dealkylation sites (N-methyl/N-ethyl adjacent to an activating group) is 1. The van der Waals surface area contributed by atoms with Crippen LogP contribution in [0, 0.1) is 0 Å². The van der Waals surface area contributed by atoms with Gasteiger partial charge in [-0.2, -0.15) is 0 Å². The van der Waals surface area contributed by atoms with Crippen molar-refractivity contribution in [1.29, 1.82) is 0 Å². The SMILES string of the molecule is CN(C)C(CNS(=O)(=O)c1cnc2c(c1)c(=O)[nH]c(=O)n2C)c1ccccc1Cl. The monoisotopic (exact) mass is 437 g/mol. The summed E-state index contributed by atoms with van der Waals surface area (Å²) < 4.78 is 29.3.